The first-order valence-electron chi connectivity index (χ1n) is 3.52. The highest BCUT2D eigenvalue weighted by molar-refractivity contribution is 5.74. The lowest BCUT2D eigenvalue weighted by Crippen LogP contribution is -2.28. The van der Waals surface area contributed by atoms with E-state index in [0.29, 0.717) is 4.73 Å². The number of carbonyl (C=O) groups is 1. The fourth-order valence-electron chi connectivity index (χ4n) is 0.662. The van der Waals surface area contributed by atoms with Gasteiger partial charge in [-0.15, -0.1) is 4.73 Å². The molecule has 0 saturated heterocycles. The van der Waals surface area contributed by atoms with Crippen LogP contribution in [0.3, 0.4) is 0 Å². The lowest BCUT2D eigenvalue weighted by Gasteiger charge is -2.07. The highest BCUT2D eigenvalue weighted by atomic mass is 16.7. The lowest BCUT2D eigenvalue weighted by atomic mass is 10.4. The Balaban J connectivity index is 2.79. The van der Waals surface area contributed by atoms with E-state index < -0.39 is 23.8 Å². The van der Waals surface area contributed by atoms with E-state index in [1.54, 1.807) is 0 Å². The minimum Gasteiger partial charge on any atom is -0.492 e. The van der Waals surface area contributed by atoms with Gasteiger partial charge in [0.05, 0.1) is 0 Å². The fraction of sp³-hybridized carbons (Fsp3) is 0.286. The molecule has 1 rings (SSSR count). The Kier molecular flexibility index (Phi) is 2.43. The molecule has 6 heteroatoms. The summed E-state index contributed by atoms with van der Waals surface area (Å²) in [6.45, 7) is 1.21. The smallest absolute Gasteiger partial charge is 0.361 e. The van der Waals surface area contributed by atoms with E-state index >= 15 is 0 Å². The van der Waals surface area contributed by atoms with Crippen molar-refractivity contribution in [1.29, 1.82) is 0 Å². The highest BCUT2D eigenvalue weighted by Gasteiger charge is 2.15. The molecular formula is C7H9NO5. The number of aromatic nitrogens is 1. The molecule has 3 N–H and O–H groups in total. The molecule has 0 bridgehead atoms. The SMILES string of the molecule is CC(O)C(=O)On1c(O)ccc1O. The van der Waals surface area contributed by atoms with Gasteiger partial charge in [0.15, 0.2) is 6.10 Å². The minimum atomic E-state index is -1.32. The van der Waals surface area contributed by atoms with Crippen LogP contribution in [0.5, 0.6) is 11.8 Å². The van der Waals surface area contributed by atoms with Crippen molar-refractivity contribution in [2.75, 3.05) is 0 Å². The van der Waals surface area contributed by atoms with E-state index in [-0.39, 0.29) is 0 Å². The summed E-state index contributed by atoms with van der Waals surface area (Å²) >= 11 is 0. The molecule has 0 spiro atoms. The third-order valence-corrected chi connectivity index (χ3v) is 1.32. The van der Waals surface area contributed by atoms with E-state index in [4.69, 9.17) is 15.3 Å². The van der Waals surface area contributed by atoms with Crippen LogP contribution < -0.4 is 4.84 Å². The standard InChI is InChI=1S/C7H9NO5/c1-4(9)7(12)13-8-5(10)2-3-6(8)11/h2-4,9-11H,1H3. The number of rotatable bonds is 2. The molecule has 72 valence electrons. The first kappa shape index (κ1) is 9.40. The summed E-state index contributed by atoms with van der Waals surface area (Å²) < 4.78 is 0.509. The monoisotopic (exact) mass is 187 g/mol. The maximum absolute atomic E-state index is 10.8. The Morgan fingerprint density at radius 1 is 1.46 bits per heavy atom. The van der Waals surface area contributed by atoms with Crippen molar-refractivity contribution in [1.82, 2.24) is 4.73 Å². The molecule has 1 atom stereocenters. The first-order chi connectivity index (χ1) is 6.02. The highest BCUT2D eigenvalue weighted by Crippen LogP contribution is 2.18. The van der Waals surface area contributed by atoms with Gasteiger partial charge in [-0.1, -0.05) is 0 Å². The van der Waals surface area contributed by atoms with E-state index in [9.17, 15) is 4.79 Å². The topological polar surface area (TPSA) is 91.9 Å². The van der Waals surface area contributed by atoms with Gasteiger partial charge in [0.1, 0.15) is 0 Å². The van der Waals surface area contributed by atoms with E-state index in [2.05, 4.69) is 4.84 Å². The quantitative estimate of drug-likeness (QED) is 0.565. The van der Waals surface area contributed by atoms with Crippen LogP contribution in [-0.4, -0.2) is 32.1 Å². The molecule has 1 unspecified atom stereocenters. The predicted octanol–water partition coefficient (Wildman–Crippen LogP) is -0.765. The Bertz CT molecular complexity index is 297. The van der Waals surface area contributed by atoms with Crippen LogP contribution in [-0.2, 0) is 4.79 Å². The fourth-order valence-corrected chi connectivity index (χ4v) is 0.662. The summed E-state index contributed by atoms with van der Waals surface area (Å²) in [6.07, 6.45) is -1.32. The molecule has 1 heterocycles. The molecule has 1 aromatic rings. The molecule has 0 fully saturated rings. The van der Waals surface area contributed by atoms with Gasteiger partial charge in [0.25, 0.3) is 0 Å². The van der Waals surface area contributed by atoms with Gasteiger partial charge in [-0.25, -0.2) is 4.79 Å². The Hall–Kier alpha value is -1.69. The van der Waals surface area contributed by atoms with Gasteiger partial charge in [-0.3, -0.25) is 0 Å². The summed E-state index contributed by atoms with van der Waals surface area (Å²) in [5, 5.41) is 26.8. The van der Waals surface area contributed by atoms with Crippen LogP contribution in [0, 0.1) is 0 Å². The van der Waals surface area contributed by atoms with Crippen LogP contribution >= 0.6 is 0 Å². The summed E-state index contributed by atoms with van der Waals surface area (Å²) in [7, 11) is 0. The molecule has 0 aromatic carbocycles. The Labute approximate surface area is 73.6 Å². The number of aromatic hydroxyl groups is 2. The largest absolute Gasteiger partial charge is 0.492 e. The zero-order valence-electron chi connectivity index (χ0n) is 6.84. The maximum Gasteiger partial charge on any atom is 0.361 e. The summed E-state index contributed by atoms with van der Waals surface area (Å²) in [5.41, 5.74) is 0. The average Bonchev–Trinajstić information content (AvgIpc) is 2.35. The van der Waals surface area contributed by atoms with Crippen LogP contribution in [0.4, 0.5) is 0 Å². The number of aliphatic hydroxyl groups is 1. The van der Waals surface area contributed by atoms with Crippen molar-refractivity contribution in [3.8, 4) is 11.8 Å². The number of hydrogen-bond donors (Lipinski definition) is 3. The minimum absolute atomic E-state index is 0.425. The maximum atomic E-state index is 10.8. The van der Waals surface area contributed by atoms with Gasteiger partial charge in [0, 0.05) is 12.1 Å². The second kappa shape index (κ2) is 3.36. The number of hydrogen-bond acceptors (Lipinski definition) is 5. The van der Waals surface area contributed by atoms with Crippen LogP contribution in [0.1, 0.15) is 6.92 Å². The molecule has 13 heavy (non-hydrogen) atoms. The summed E-state index contributed by atoms with van der Waals surface area (Å²) in [6, 6.07) is 2.29. The van der Waals surface area contributed by atoms with Crippen molar-refractivity contribution in [2.45, 2.75) is 13.0 Å². The second-order valence-corrected chi connectivity index (χ2v) is 2.43. The Morgan fingerprint density at radius 2 is 1.92 bits per heavy atom. The molecule has 1 aromatic heterocycles. The molecule has 0 saturated carbocycles. The first-order valence-corrected chi connectivity index (χ1v) is 3.52. The normalized spacial score (nSPS) is 12.5. The van der Waals surface area contributed by atoms with Crippen molar-refractivity contribution in [3.05, 3.63) is 12.1 Å². The molecule has 0 aliphatic rings. The van der Waals surface area contributed by atoms with Gasteiger partial charge in [-0.05, 0) is 6.92 Å². The third-order valence-electron chi connectivity index (χ3n) is 1.32. The van der Waals surface area contributed by atoms with Gasteiger partial charge < -0.3 is 20.2 Å². The Morgan fingerprint density at radius 3 is 2.31 bits per heavy atom. The molecule has 0 aliphatic heterocycles. The zero-order valence-corrected chi connectivity index (χ0v) is 6.84. The number of nitrogens with zero attached hydrogens (tertiary/aromatic N) is 1. The van der Waals surface area contributed by atoms with Crippen LogP contribution in [0.25, 0.3) is 0 Å². The summed E-state index contributed by atoms with van der Waals surface area (Å²) in [5.74, 6) is -1.82. The van der Waals surface area contributed by atoms with Gasteiger partial charge in [0.2, 0.25) is 11.8 Å². The zero-order chi connectivity index (χ0) is 10.0. The molecule has 6 nitrogen and oxygen atoms in total. The van der Waals surface area contributed by atoms with Crippen molar-refractivity contribution in [3.63, 3.8) is 0 Å². The molecule has 0 radical (unpaired) electrons. The van der Waals surface area contributed by atoms with Gasteiger partial charge in [-0.2, -0.15) is 0 Å². The summed E-state index contributed by atoms with van der Waals surface area (Å²) in [4.78, 5) is 15.2. The average molecular weight is 187 g/mol. The molecule has 0 amide bonds. The predicted molar refractivity (Wildman–Crippen MR) is 41.0 cm³/mol. The second-order valence-electron chi connectivity index (χ2n) is 2.43. The van der Waals surface area contributed by atoms with Crippen LogP contribution in [0.15, 0.2) is 12.1 Å². The van der Waals surface area contributed by atoms with Gasteiger partial charge >= 0.3 is 5.97 Å². The van der Waals surface area contributed by atoms with E-state index in [0.717, 1.165) is 12.1 Å². The van der Waals surface area contributed by atoms with Crippen molar-refractivity contribution in [2.24, 2.45) is 0 Å². The van der Waals surface area contributed by atoms with Crippen LogP contribution in [0.2, 0.25) is 0 Å². The third kappa shape index (κ3) is 1.91. The number of aliphatic hydroxyl groups excluding tert-OH is 1. The van der Waals surface area contributed by atoms with E-state index in [1.165, 1.54) is 6.92 Å². The van der Waals surface area contributed by atoms with Crippen molar-refractivity contribution >= 4 is 5.97 Å². The molecular weight excluding hydrogens is 178 g/mol. The number of carbonyl (C=O) groups excluding carboxylic acids is 1. The lowest BCUT2D eigenvalue weighted by molar-refractivity contribution is -0.154. The van der Waals surface area contributed by atoms with E-state index in [1.807, 2.05) is 0 Å². The molecule has 0 aliphatic carbocycles. The van der Waals surface area contributed by atoms with Crippen molar-refractivity contribution < 1.29 is 25.0 Å².